The zero-order valence-corrected chi connectivity index (χ0v) is 26.2. The van der Waals surface area contributed by atoms with Crippen molar-refractivity contribution in [3.05, 3.63) is 134 Å². The molecular weight excluding hydrogens is 536 g/mol. The maximum Gasteiger partial charge on any atom is 0.122 e. The van der Waals surface area contributed by atoms with Gasteiger partial charge in [0.05, 0.1) is 12.5 Å². The van der Waals surface area contributed by atoms with Gasteiger partial charge in [0, 0.05) is 49.3 Å². The minimum atomic E-state index is -0.214. The Labute approximate surface area is 258 Å². The maximum atomic E-state index is 5.97. The normalized spacial score (nSPS) is 25.1. The molecule has 3 aromatic carbocycles. The third-order valence-electron chi connectivity index (χ3n) is 10.4. The van der Waals surface area contributed by atoms with E-state index in [9.17, 15) is 0 Å². The first-order valence-electron chi connectivity index (χ1n) is 15.8. The van der Waals surface area contributed by atoms with E-state index < -0.39 is 0 Å². The van der Waals surface area contributed by atoms with Gasteiger partial charge in [0.2, 0.25) is 0 Å². The number of methoxy groups -OCH3 is 1. The fourth-order valence-corrected chi connectivity index (χ4v) is 7.90. The monoisotopic (exact) mass is 574 g/mol. The van der Waals surface area contributed by atoms with Crippen LogP contribution in [-0.4, -0.2) is 12.1 Å². The highest BCUT2D eigenvalue weighted by atomic mass is 16.5. The lowest BCUT2D eigenvalue weighted by Gasteiger charge is -2.29. The van der Waals surface area contributed by atoms with Crippen LogP contribution >= 0.6 is 0 Å². The van der Waals surface area contributed by atoms with Gasteiger partial charge in [0.25, 0.3) is 0 Å². The predicted octanol–water partition coefficient (Wildman–Crippen LogP) is 6.90. The standard InChI is InChI=1S/C41H38N2O/c1-25-20-27(17-19-42-38-23-34-31(22-30(25)38)28-10-6-8-12-33(28)40(34,2)3)26-14-15-39(44-5)35(21-26)41(4)18-16-37-32(24-41)29-11-7-9-13-36(29)43-37/h7-9,11-17,19-24,43H,6,10,18H2,1-5H3/b19-17+,25-20?,27-17?,27-20+,30-25+,42-19?,42-38-. The molecule has 2 heterocycles. The van der Waals surface area contributed by atoms with Crippen LogP contribution in [0.15, 0.2) is 95.7 Å². The number of rotatable bonds is 3. The Morgan fingerprint density at radius 1 is 0.955 bits per heavy atom. The van der Waals surface area contributed by atoms with E-state index in [0.29, 0.717) is 0 Å². The molecule has 4 aliphatic rings. The van der Waals surface area contributed by atoms with Crippen LogP contribution in [0.5, 0.6) is 5.75 Å². The Hall–Kier alpha value is -4.63. The zero-order chi connectivity index (χ0) is 30.2. The van der Waals surface area contributed by atoms with Crippen molar-refractivity contribution in [3.8, 4) is 5.75 Å². The highest BCUT2D eigenvalue weighted by Crippen LogP contribution is 2.49. The number of hydrogen-bond acceptors (Lipinski definition) is 2. The van der Waals surface area contributed by atoms with Gasteiger partial charge < -0.3 is 9.72 Å². The summed E-state index contributed by atoms with van der Waals surface area (Å²) in [5.74, 6) is 0.916. The molecule has 3 heteroatoms. The van der Waals surface area contributed by atoms with Crippen molar-refractivity contribution in [2.45, 2.75) is 57.8 Å². The van der Waals surface area contributed by atoms with Crippen LogP contribution in [0.3, 0.4) is 0 Å². The Balaban J connectivity index is 1.26. The van der Waals surface area contributed by atoms with Crippen LogP contribution in [0.2, 0.25) is 0 Å². The third kappa shape index (κ3) is 3.99. The van der Waals surface area contributed by atoms with E-state index in [0.717, 1.165) is 35.9 Å². The highest BCUT2D eigenvalue weighted by molar-refractivity contribution is 5.86. The lowest BCUT2D eigenvalue weighted by atomic mass is 9.75. The molecule has 0 spiro atoms. The van der Waals surface area contributed by atoms with Gasteiger partial charge in [-0.1, -0.05) is 75.4 Å². The van der Waals surface area contributed by atoms with Gasteiger partial charge in [0.15, 0.2) is 0 Å². The van der Waals surface area contributed by atoms with Gasteiger partial charge in [0.1, 0.15) is 5.75 Å². The fourth-order valence-electron chi connectivity index (χ4n) is 7.90. The molecule has 1 N–H and O–H groups in total. The molecule has 3 nitrogen and oxygen atoms in total. The Morgan fingerprint density at radius 3 is 2.68 bits per heavy atom. The second-order valence-corrected chi connectivity index (χ2v) is 13.5. The Kier molecular flexibility index (Phi) is 5.94. The van der Waals surface area contributed by atoms with E-state index >= 15 is 0 Å². The predicted molar refractivity (Wildman–Crippen MR) is 183 cm³/mol. The largest absolute Gasteiger partial charge is 0.496 e. The van der Waals surface area contributed by atoms with E-state index in [4.69, 9.17) is 9.73 Å². The van der Waals surface area contributed by atoms with E-state index in [1.807, 2.05) is 6.20 Å². The summed E-state index contributed by atoms with van der Waals surface area (Å²) in [5, 5.41) is 6.01. The van der Waals surface area contributed by atoms with Crippen LogP contribution in [-0.2, 0) is 10.8 Å². The lowest BCUT2D eigenvalue weighted by Crippen LogP contribution is -2.34. The molecule has 218 valence electrons. The molecule has 0 saturated heterocycles. The molecular formula is C41H38N2O. The molecule has 1 atom stereocenters. The van der Waals surface area contributed by atoms with Crippen LogP contribution in [0, 0.1) is 0 Å². The molecule has 8 rings (SSSR count). The second-order valence-electron chi connectivity index (χ2n) is 13.5. The Bertz CT molecular complexity index is 2290. The van der Waals surface area contributed by atoms with E-state index in [1.165, 1.54) is 65.7 Å². The molecule has 0 bridgehead atoms. The summed E-state index contributed by atoms with van der Waals surface area (Å²) < 4.78 is 5.97. The topological polar surface area (TPSA) is 37.4 Å². The fraction of sp³-hybridized carbons (Fsp3) is 0.244. The van der Waals surface area contributed by atoms with Crippen molar-refractivity contribution < 1.29 is 4.74 Å². The molecule has 0 radical (unpaired) electrons. The van der Waals surface area contributed by atoms with Crippen LogP contribution in [0.4, 0.5) is 0 Å². The minimum Gasteiger partial charge on any atom is -0.496 e. The van der Waals surface area contributed by atoms with E-state index in [-0.39, 0.29) is 10.8 Å². The summed E-state index contributed by atoms with van der Waals surface area (Å²) >= 11 is 0. The minimum absolute atomic E-state index is 0.00371. The zero-order valence-electron chi connectivity index (χ0n) is 26.2. The van der Waals surface area contributed by atoms with Crippen LogP contribution in [0.25, 0.3) is 39.8 Å². The first-order valence-corrected chi connectivity index (χ1v) is 15.8. The first-order chi connectivity index (χ1) is 21.3. The number of para-hydroxylation sites is 1. The number of allylic oxidation sites excluding steroid dienone is 7. The van der Waals surface area contributed by atoms with Crippen molar-refractivity contribution in [3.63, 3.8) is 0 Å². The van der Waals surface area contributed by atoms with Gasteiger partial charge in [-0.3, -0.25) is 4.99 Å². The summed E-state index contributed by atoms with van der Waals surface area (Å²) in [4.78, 5) is 8.63. The highest BCUT2D eigenvalue weighted by Gasteiger charge is 2.37. The molecule has 44 heavy (non-hydrogen) atoms. The van der Waals surface area contributed by atoms with Gasteiger partial charge in [-0.05, 0) is 102 Å². The molecule has 4 aromatic rings. The number of aromatic amines is 1. The number of benzene rings is 3. The third-order valence-corrected chi connectivity index (χ3v) is 10.4. The molecule has 0 saturated carbocycles. The summed E-state index contributed by atoms with van der Waals surface area (Å²) in [6.07, 6.45) is 19.0. The quantitative estimate of drug-likeness (QED) is 0.284. The lowest BCUT2D eigenvalue weighted by molar-refractivity contribution is 0.402. The van der Waals surface area contributed by atoms with E-state index in [2.05, 4.69) is 124 Å². The van der Waals surface area contributed by atoms with Gasteiger partial charge in [-0.2, -0.15) is 0 Å². The average Bonchev–Trinajstić information content (AvgIpc) is 3.50. The summed E-state index contributed by atoms with van der Waals surface area (Å²) in [7, 11) is 1.77. The SMILES string of the molecule is COc1ccc(C2=C/C(C)=c3\cc4c(c\c3=N\C=C\2)C(C)(C)C2=C4CCC=C2)cc1C1(C)C=c2c([nH]c3ccccc23)=CC1. The number of nitrogens with zero attached hydrogens (tertiary/aromatic N) is 1. The summed E-state index contributed by atoms with van der Waals surface area (Å²) in [6.45, 7) is 9.26. The van der Waals surface area contributed by atoms with Gasteiger partial charge in [-0.25, -0.2) is 0 Å². The van der Waals surface area contributed by atoms with Crippen LogP contribution < -0.4 is 25.9 Å². The average molecular weight is 575 g/mol. The van der Waals surface area contributed by atoms with Gasteiger partial charge in [-0.15, -0.1) is 0 Å². The number of H-pyrrole nitrogens is 1. The number of aromatic nitrogens is 1. The Morgan fingerprint density at radius 2 is 1.82 bits per heavy atom. The molecule has 3 aliphatic carbocycles. The molecule has 0 fully saturated rings. The van der Waals surface area contributed by atoms with Gasteiger partial charge >= 0.3 is 0 Å². The second kappa shape index (κ2) is 9.69. The molecule has 0 amide bonds. The molecule has 1 aliphatic heterocycles. The number of hydrogen-bond donors (Lipinski definition) is 1. The van der Waals surface area contributed by atoms with Crippen molar-refractivity contribution in [1.82, 2.24) is 4.98 Å². The maximum absolute atomic E-state index is 5.97. The van der Waals surface area contributed by atoms with Crippen LogP contribution in [0.1, 0.15) is 69.2 Å². The summed E-state index contributed by atoms with van der Waals surface area (Å²) in [5.41, 5.74) is 11.5. The van der Waals surface area contributed by atoms with Crippen molar-refractivity contribution in [1.29, 1.82) is 0 Å². The van der Waals surface area contributed by atoms with Crippen molar-refractivity contribution in [2.75, 3.05) is 7.11 Å². The number of ether oxygens (including phenoxy) is 1. The number of nitrogens with one attached hydrogen (secondary N) is 1. The summed E-state index contributed by atoms with van der Waals surface area (Å²) in [6, 6.07) is 19.9. The first kappa shape index (κ1) is 27.0. The molecule has 1 aromatic heterocycles. The number of fused-ring (bicyclic) bond motifs is 6. The van der Waals surface area contributed by atoms with E-state index in [1.54, 1.807) is 7.11 Å². The van der Waals surface area contributed by atoms with Crippen molar-refractivity contribution in [2.24, 2.45) is 4.99 Å². The van der Waals surface area contributed by atoms with Crippen molar-refractivity contribution >= 4 is 39.8 Å². The smallest absolute Gasteiger partial charge is 0.122 e. The molecule has 1 unspecified atom stereocenters.